The molecule has 1 heterocycles. The zero-order chi connectivity index (χ0) is 12.4. The van der Waals surface area contributed by atoms with Crippen molar-refractivity contribution in [1.82, 2.24) is 5.32 Å². The second kappa shape index (κ2) is 5.19. The van der Waals surface area contributed by atoms with Crippen LogP contribution in [0.5, 0.6) is 0 Å². The van der Waals surface area contributed by atoms with Crippen LogP contribution in [-0.2, 0) is 4.79 Å². The summed E-state index contributed by atoms with van der Waals surface area (Å²) in [5.74, 6) is 0.0797. The van der Waals surface area contributed by atoms with Crippen LogP contribution < -0.4 is 10.6 Å². The first-order chi connectivity index (χ1) is 8.08. The number of hydrogen-bond acceptors (Lipinski definition) is 2. The number of halogens is 1. The first-order valence-electron chi connectivity index (χ1n) is 5.89. The number of carbonyl (C=O) groups is 1. The molecule has 1 aliphatic rings. The van der Waals surface area contributed by atoms with Crippen LogP contribution in [0.25, 0.3) is 0 Å². The van der Waals surface area contributed by atoms with Crippen molar-refractivity contribution >= 4 is 27.5 Å². The zero-order valence-corrected chi connectivity index (χ0v) is 11.7. The van der Waals surface area contributed by atoms with Gasteiger partial charge >= 0.3 is 0 Å². The molecular formula is C13H17BrN2O. The SMILES string of the molecule is Cc1cc(Br)cc(C)c1NC(=O)[C@@H]1CCCN1. The van der Waals surface area contributed by atoms with Crippen LogP contribution in [0.1, 0.15) is 24.0 Å². The molecule has 17 heavy (non-hydrogen) atoms. The van der Waals surface area contributed by atoms with Gasteiger partial charge in [-0.2, -0.15) is 0 Å². The fraction of sp³-hybridized carbons (Fsp3) is 0.462. The van der Waals surface area contributed by atoms with Gasteiger partial charge in [-0.1, -0.05) is 15.9 Å². The van der Waals surface area contributed by atoms with Crippen molar-refractivity contribution in [3.05, 3.63) is 27.7 Å². The molecule has 1 amide bonds. The Morgan fingerprint density at radius 2 is 2.06 bits per heavy atom. The van der Waals surface area contributed by atoms with Gasteiger partial charge in [0.15, 0.2) is 0 Å². The third-order valence-electron chi connectivity index (χ3n) is 3.12. The number of anilines is 1. The number of amides is 1. The minimum atomic E-state index is -0.0301. The van der Waals surface area contributed by atoms with Gasteiger partial charge in [0.1, 0.15) is 0 Å². The molecule has 0 radical (unpaired) electrons. The number of carbonyl (C=O) groups excluding carboxylic acids is 1. The van der Waals surface area contributed by atoms with E-state index in [1.165, 1.54) is 0 Å². The molecule has 0 saturated carbocycles. The summed E-state index contributed by atoms with van der Waals surface area (Å²) in [4.78, 5) is 12.0. The number of rotatable bonds is 2. The fourth-order valence-corrected chi connectivity index (χ4v) is 2.91. The van der Waals surface area contributed by atoms with Gasteiger partial charge in [0.2, 0.25) is 5.91 Å². The Bertz CT molecular complexity index is 416. The van der Waals surface area contributed by atoms with Crippen molar-refractivity contribution in [2.45, 2.75) is 32.7 Å². The highest BCUT2D eigenvalue weighted by atomic mass is 79.9. The van der Waals surface area contributed by atoms with Gasteiger partial charge in [0.25, 0.3) is 0 Å². The van der Waals surface area contributed by atoms with Gasteiger partial charge < -0.3 is 10.6 Å². The molecule has 0 aliphatic carbocycles. The molecule has 3 nitrogen and oxygen atoms in total. The van der Waals surface area contributed by atoms with Crippen LogP contribution in [0.3, 0.4) is 0 Å². The summed E-state index contributed by atoms with van der Waals surface area (Å²) in [6.45, 7) is 4.96. The van der Waals surface area contributed by atoms with Gasteiger partial charge in [0.05, 0.1) is 6.04 Å². The van der Waals surface area contributed by atoms with Crippen LogP contribution >= 0.6 is 15.9 Å². The van der Waals surface area contributed by atoms with E-state index in [2.05, 4.69) is 26.6 Å². The van der Waals surface area contributed by atoms with Gasteiger partial charge in [-0.05, 0) is 56.5 Å². The van der Waals surface area contributed by atoms with Gasteiger partial charge in [-0.15, -0.1) is 0 Å². The maximum atomic E-state index is 12.0. The molecule has 1 atom stereocenters. The smallest absolute Gasteiger partial charge is 0.241 e. The number of benzene rings is 1. The predicted molar refractivity (Wildman–Crippen MR) is 73.3 cm³/mol. The van der Waals surface area contributed by atoms with E-state index in [0.717, 1.165) is 40.7 Å². The number of nitrogens with one attached hydrogen (secondary N) is 2. The average Bonchev–Trinajstić information content (AvgIpc) is 2.76. The lowest BCUT2D eigenvalue weighted by atomic mass is 10.1. The first-order valence-corrected chi connectivity index (χ1v) is 6.68. The number of aryl methyl sites for hydroxylation is 2. The Hall–Kier alpha value is -0.870. The predicted octanol–water partition coefficient (Wildman–Crippen LogP) is 2.76. The van der Waals surface area contributed by atoms with Gasteiger partial charge in [0, 0.05) is 10.2 Å². The van der Waals surface area contributed by atoms with Crippen LogP contribution in [0.4, 0.5) is 5.69 Å². The molecule has 0 unspecified atom stereocenters. The van der Waals surface area contributed by atoms with E-state index in [4.69, 9.17) is 0 Å². The largest absolute Gasteiger partial charge is 0.324 e. The third-order valence-corrected chi connectivity index (χ3v) is 3.58. The molecular weight excluding hydrogens is 280 g/mol. The Labute approximate surface area is 110 Å². The van der Waals surface area contributed by atoms with Crippen molar-refractivity contribution in [2.75, 3.05) is 11.9 Å². The molecule has 1 aliphatic heterocycles. The monoisotopic (exact) mass is 296 g/mol. The summed E-state index contributed by atoms with van der Waals surface area (Å²) in [6.07, 6.45) is 2.01. The van der Waals surface area contributed by atoms with Crippen LogP contribution in [0.15, 0.2) is 16.6 Å². The summed E-state index contributed by atoms with van der Waals surface area (Å²) in [7, 11) is 0. The van der Waals surface area contributed by atoms with Crippen LogP contribution in [-0.4, -0.2) is 18.5 Å². The van der Waals surface area contributed by atoms with Crippen molar-refractivity contribution in [1.29, 1.82) is 0 Å². The van der Waals surface area contributed by atoms with E-state index in [9.17, 15) is 4.79 Å². The molecule has 0 aromatic heterocycles. The summed E-state index contributed by atoms with van der Waals surface area (Å²) in [6, 6.07) is 4.01. The van der Waals surface area contributed by atoms with Gasteiger partial charge in [-0.3, -0.25) is 4.79 Å². The summed E-state index contributed by atoms with van der Waals surface area (Å²) in [5, 5.41) is 6.23. The summed E-state index contributed by atoms with van der Waals surface area (Å²) < 4.78 is 1.05. The molecule has 4 heteroatoms. The highest BCUT2D eigenvalue weighted by Gasteiger charge is 2.22. The maximum absolute atomic E-state index is 12.0. The molecule has 1 aromatic rings. The summed E-state index contributed by atoms with van der Waals surface area (Å²) in [5.41, 5.74) is 3.11. The van der Waals surface area contributed by atoms with Crippen molar-refractivity contribution < 1.29 is 4.79 Å². The topological polar surface area (TPSA) is 41.1 Å². The zero-order valence-electron chi connectivity index (χ0n) is 10.1. The average molecular weight is 297 g/mol. The third kappa shape index (κ3) is 2.87. The Morgan fingerprint density at radius 1 is 1.41 bits per heavy atom. The molecule has 1 saturated heterocycles. The Morgan fingerprint density at radius 3 is 2.59 bits per heavy atom. The minimum absolute atomic E-state index is 0.0301. The van der Waals surface area contributed by atoms with Crippen molar-refractivity contribution in [2.24, 2.45) is 0 Å². The van der Waals surface area contributed by atoms with E-state index < -0.39 is 0 Å². The lowest BCUT2D eigenvalue weighted by Crippen LogP contribution is -2.35. The quantitative estimate of drug-likeness (QED) is 0.881. The van der Waals surface area contributed by atoms with E-state index in [-0.39, 0.29) is 11.9 Å². The Balaban J connectivity index is 2.15. The van der Waals surface area contributed by atoms with Crippen molar-refractivity contribution in [3.63, 3.8) is 0 Å². The lowest BCUT2D eigenvalue weighted by Gasteiger charge is -2.15. The molecule has 92 valence electrons. The second-order valence-electron chi connectivity index (χ2n) is 4.55. The first kappa shape index (κ1) is 12.6. The fourth-order valence-electron chi connectivity index (χ4n) is 2.23. The number of hydrogen-bond donors (Lipinski definition) is 2. The second-order valence-corrected chi connectivity index (χ2v) is 5.47. The van der Waals surface area contributed by atoms with E-state index >= 15 is 0 Å². The Kier molecular flexibility index (Phi) is 3.84. The van der Waals surface area contributed by atoms with E-state index in [1.54, 1.807) is 0 Å². The minimum Gasteiger partial charge on any atom is -0.324 e. The molecule has 2 N–H and O–H groups in total. The standard InChI is InChI=1S/C13H17BrN2O/c1-8-6-10(14)7-9(2)12(8)16-13(17)11-4-3-5-15-11/h6-7,11,15H,3-5H2,1-2H3,(H,16,17)/t11-/m0/s1. The van der Waals surface area contributed by atoms with E-state index in [0.29, 0.717) is 0 Å². The lowest BCUT2D eigenvalue weighted by molar-refractivity contribution is -0.117. The highest BCUT2D eigenvalue weighted by Crippen LogP contribution is 2.25. The van der Waals surface area contributed by atoms with E-state index in [1.807, 2.05) is 26.0 Å². The molecule has 0 bridgehead atoms. The molecule has 0 spiro atoms. The normalized spacial score (nSPS) is 19.4. The molecule has 1 aromatic carbocycles. The van der Waals surface area contributed by atoms with Crippen LogP contribution in [0, 0.1) is 13.8 Å². The summed E-state index contributed by atoms with van der Waals surface area (Å²) >= 11 is 3.45. The maximum Gasteiger partial charge on any atom is 0.241 e. The molecule has 2 rings (SSSR count). The van der Waals surface area contributed by atoms with Gasteiger partial charge in [-0.25, -0.2) is 0 Å². The van der Waals surface area contributed by atoms with Crippen LogP contribution in [0.2, 0.25) is 0 Å². The highest BCUT2D eigenvalue weighted by molar-refractivity contribution is 9.10. The molecule has 1 fully saturated rings. The van der Waals surface area contributed by atoms with Crippen molar-refractivity contribution in [3.8, 4) is 0 Å².